The first-order valence-corrected chi connectivity index (χ1v) is 7.65. The Morgan fingerprint density at radius 1 is 1.38 bits per heavy atom. The van der Waals surface area contributed by atoms with Crippen LogP contribution < -0.4 is 11.1 Å². The first-order valence-electron chi connectivity index (χ1n) is 6.85. The van der Waals surface area contributed by atoms with E-state index in [1.54, 1.807) is 0 Å². The third-order valence-corrected chi connectivity index (χ3v) is 4.36. The van der Waals surface area contributed by atoms with Crippen molar-refractivity contribution in [3.05, 3.63) is 34.3 Å². The molecule has 2 amide bonds. The Bertz CT molecular complexity index is 572. The molecular weight excluding hydrogens is 334 g/mol. The van der Waals surface area contributed by atoms with Crippen molar-refractivity contribution in [1.82, 2.24) is 10.2 Å². The summed E-state index contributed by atoms with van der Waals surface area (Å²) >= 11 is 3.45. The van der Waals surface area contributed by atoms with Crippen LogP contribution in [0.5, 0.6) is 0 Å². The molecule has 0 aliphatic carbocycles. The Labute approximate surface area is 133 Å². The molecule has 2 rings (SSSR count). The predicted molar refractivity (Wildman–Crippen MR) is 84.5 cm³/mol. The highest BCUT2D eigenvalue weighted by Crippen LogP contribution is 2.33. The number of rotatable bonds is 3. The van der Waals surface area contributed by atoms with Crippen LogP contribution in [0.25, 0.3) is 0 Å². The molecule has 5 nitrogen and oxygen atoms in total. The van der Waals surface area contributed by atoms with E-state index in [0.717, 1.165) is 10.0 Å². The van der Waals surface area contributed by atoms with Crippen molar-refractivity contribution < 1.29 is 9.59 Å². The summed E-state index contributed by atoms with van der Waals surface area (Å²) < 4.78 is 0.941. The zero-order valence-corrected chi connectivity index (χ0v) is 14.0. The number of nitrogens with zero attached hydrogens (tertiary/aromatic N) is 1. The number of amides is 2. The summed E-state index contributed by atoms with van der Waals surface area (Å²) in [4.78, 5) is 25.8. The van der Waals surface area contributed by atoms with Crippen molar-refractivity contribution in [2.45, 2.75) is 38.4 Å². The van der Waals surface area contributed by atoms with Crippen LogP contribution in [0.1, 0.15) is 32.4 Å². The minimum absolute atomic E-state index is 0.150. The monoisotopic (exact) mass is 353 g/mol. The van der Waals surface area contributed by atoms with E-state index in [4.69, 9.17) is 5.73 Å². The lowest BCUT2D eigenvalue weighted by atomic mass is 9.90. The van der Waals surface area contributed by atoms with Crippen molar-refractivity contribution in [2.75, 3.05) is 6.54 Å². The molecule has 1 aliphatic rings. The van der Waals surface area contributed by atoms with Crippen LogP contribution in [0.2, 0.25) is 0 Å². The molecule has 0 saturated carbocycles. The molecule has 0 bridgehead atoms. The van der Waals surface area contributed by atoms with E-state index in [2.05, 4.69) is 21.2 Å². The highest BCUT2D eigenvalue weighted by Gasteiger charge is 2.45. The lowest BCUT2D eigenvalue weighted by Gasteiger charge is -2.46. The second kappa shape index (κ2) is 5.87. The third-order valence-electron chi connectivity index (χ3n) is 3.86. The van der Waals surface area contributed by atoms with Gasteiger partial charge in [0.05, 0.1) is 18.1 Å². The van der Waals surface area contributed by atoms with Gasteiger partial charge in [0.1, 0.15) is 0 Å². The zero-order chi connectivity index (χ0) is 15.8. The van der Waals surface area contributed by atoms with Crippen LogP contribution >= 0.6 is 15.9 Å². The maximum absolute atomic E-state index is 12.1. The summed E-state index contributed by atoms with van der Waals surface area (Å²) in [7, 11) is 0. The van der Waals surface area contributed by atoms with Gasteiger partial charge >= 0.3 is 0 Å². The SMILES string of the molecule is CC(N)C(c1cccc(Br)c1)N1CC(=O)NC(=O)C1(C)C. The Kier molecular flexibility index (Phi) is 4.51. The van der Waals surface area contributed by atoms with E-state index < -0.39 is 5.54 Å². The van der Waals surface area contributed by atoms with Gasteiger partial charge < -0.3 is 5.73 Å². The van der Waals surface area contributed by atoms with Crippen LogP contribution in [-0.2, 0) is 9.59 Å². The molecule has 1 saturated heterocycles. The van der Waals surface area contributed by atoms with E-state index in [1.807, 2.05) is 49.9 Å². The Morgan fingerprint density at radius 2 is 2.05 bits per heavy atom. The zero-order valence-electron chi connectivity index (χ0n) is 12.4. The van der Waals surface area contributed by atoms with Crippen LogP contribution in [-0.4, -0.2) is 34.8 Å². The smallest absolute Gasteiger partial charge is 0.246 e. The highest BCUT2D eigenvalue weighted by atomic mass is 79.9. The van der Waals surface area contributed by atoms with Crippen molar-refractivity contribution in [3.8, 4) is 0 Å². The molecule has 1 aromatic rings. The number of nitrogens with two attached hydrogens (primary N) is 1. The molecule has 114 valence electrons. The predicted octanol–water partition coefficient (Wildman–Crippen LogP) is 1.57. The molecule has 1 aliphatic heterocycles. The molecule has 1 fully saturated rings. The maximum Gasteiger partial charge on any atom is 0.246 e. The number of carbonyl (C=O) groups excluding carboxylic acids is 2. The lowest BCUT2D eigenvalue weighted by molar-refractivity contribution is -0.147. The molecular formula is C15H20BrN3O2. The molecule has 6 heteroatoms. The molecule has 21 heavy (non-hydrogen) atoms. The number of nitrogens with one attached hydrogen (secondary N) is 1. The minimum atomic E-state index is -0.797. The summed E-state index contributed by atoms with van der Waals surface area (Å²) in [6.07, 6.45) is 0. The Hall–Kier alpha value is -1.24. The second-order valence-electron chi connectivity index (χ2n) is 5.92. The molecule has 0 aromatic heterocycles. The highest BCUT2D eigenvalue weighted by molar-refractivity contribution is 9.10. The van der Waals surface area contributed by atoms with Crippen molar-refractivity contribution in [1.29, 1.82) is 0 Å². The van der Waals surface area contributed by atoms with E-state index >= 15 is 0 Å². The minimum Gasteiger partial charge on any atom is -0.326 e. The Balaban J connectivity index is 2.46. The van der Waals surface area contributed by atoms with Crippen LogP contribution in [0.4, 0.5) is 0 Å². The van der Waals surface area contributed by atoms with Crippen molar-refractivity contribution in [2.24, 2.45) is 5.73 Å². The van der Waals surface area contributed by atoms with Crippen LogP contribution in [0.15, 0.2) is 28.7 Å². The number of halogens is 1. The van der Waals surface area contributed by atoms with Crippen molar-refractivity contribution in [3.63, 3.8) is 0 Å². The fourth-order valence-corrected chi connectivity index (χ4v) is 3.12. The van der Waals surface area contributed by atoms with Gasteiger partial charge in [-0.05, 0) is 38.5 Å². The van der Waals surface area contributed by atoms with Crippen LogP contribution in [0.3, 0.4) is 0 Å². The molecule has 2 atom stereocenters. The first kappa shape index (κ1) is 16.1. The number of hydrogen-bond acceptors (Lipinski definition) is 4. The van der Waals surface area contributed by atoms with Gasteiger partial charge in [0.2, 0.25) is 11.8 Å². The van der Waals surface area contributed by atoms with Gasteiger partial charge in [-0.25, -0.2) is 0 Å². The number of carbonyl (C=O) groups is 2. The van der Waals surface area contributed by atoms with Gasteiger partial charge in [-0.15, -0.1) is 0 Å². The summed E-state index contributed by atoms with van der Waals surface area (Å²) in [6, 6.07) is 7.35. The number of piperazine rings is 1. The fraction of sp³-hybridized carbons (Fsp3) is 0.467. The van der Waals surface area contributed by atoms with Gasteiger partial charge in [0, 0.05) is 10.5 Å². The Morgan fingerprint density at radius 3 is 2.62 bits per heavy atom. The summed E-state index contributed by atoms with van der Waals surface area (Å²) in [5, 5.41) is 2.39. The van der Waals surface area contributed by atoms with Gasteiger partial charge in [-0.1, -0.05) is 28.1 Å². The summed E-state index contributed by atoms with van der Waals surface area (Å²) in [5.74, 6) is -0.584. The van der Waals surface area contributed by atoms with E-state index in [-0.39, 0.29) is 30.4 Å². The quantitative estimate of drug-likeness (QED) is 0.808. The first-order chi connectivity index (χ1) is 9.73. The fourth-order valence-electron chi connectivity index (χ4n) is 2.71. The average Bonchev–Trinajstić information content (AvgIpc) is 2.35. The lowest BCUT2D eigenvalue weighted by Crippen LogP contribution is -2.66. The van der Waals surface area contributed by atoms with Gasteiger partial charge in [0.15, 0.2) is 0 Å². The van der Waals surface area contributed by atoms with Gasteiger partial charge in [-0.2, -0.15) is 0 Å². The van der Waals surface area contributed by atoms with Crippen molar-refractivity contribution >= 4 is 27.7 Å². The number of imide groups is 1. The largest absolute Gasteiger partial charge is 0.326 e. The summed E-state index contributed by atoms with van der Waals surface area (Å²) in [5.41, 5.74) is 6.35. The number of benzene rings is 1. The van der Waals surface area contributed by atoms with E-state index in [1.165, 1.54) is 0 Å². The molecule has 1 heterocycles. The maximum atomic E-state index is 12.1. The summed E-state index contributed by atoms with van der Waals surface area (Å²) in [6.45, 7) is 5.65. The molecule has 0 spiro atoms. The molecule has 3 N–H and O–H groups in total. The molecule has 2 unspecified atom stereocenters. The third kappa shape index (κ3) is 3.17. The van der Waals surface area contributed by atoms with Gasteiger partial charge in [-0.3, -0.25) is 19.8 Å². The van der Waals surface area contributed by atoms with E-state index in [9.17, 15) is 9.59 Å². The number of hydrogen-bond donors (Lipinski definition) is 2. The average molecular weight is 354 g/mol. The molecule has 0 radical (unpaired) electrons. The van der Waals surface area contributed by atoms with Crippen LogP contribution in [0, 0.1) is 0 Å². The molecule has 1 aromatic carbocycles. The topological polar surface area (TPSA) is 75.4 Å². The second-order valence-corrected chi connectivity index (χ2v) is 6.84. The standard InChI is InChI=1S/C15H20BrN3O2/c1-9(17)13(10-5-4-6-11(16)7-10)19-8-12(20)18-14(21)15(19,2)3/h4-7,9,13H,8,17H2,1-3H3,(H,18,20,21). The van der Waals surface area contributed by atoms with Gasteiger partial charge in [0.25, 0.3) is 0 Å². The van der Waals surface area contributed by atoms with E-state index in [0.29, 0.717) is 0 Å². The normalized spacial score (nSPS) is 21.8.